The minimum atomic E-state index is -0.569. The van der Waals surface area contributed by atoms with E-state index in [1.807, 2.05) is 18.2 Å². The molecule has 34 heavy (non-hydrogen) atoms. The summed E-state index contributed by atoms with van der Waals surface area (Å²) in [5.74, 6) is -0.547. The third-order valence-electron chi connectivity index (χ3n) is 6.14. The highest BCUT2D eigenvalue weighted by Gasteiger charge is 2.29. The number of amides is 3. The van der Waals surface area contributed by atoms with Crippen molar-refractivity contribution in [3.05, 3.63) is 65.2 Å². The van der Waals surface area contributed by atoms with Crippen molar-refractivity contribution < 1.29 is 14.4 Å². The summed E-state index contributed by atoms with van der Waals surface area (Å²) in [7, 11) is 0. The Kier molecular flexibility index (Phi) is 9.64. The van der Waals surface area contributed by atoms with Gasteiger partial charge in [-0.05, 0) is 68.7 Å². The molecule has 0 saturated carbocycles. The summed E-state index contributed by atoms with van der Waals surface area (Å²) < 4.78 is 0. The first-order chi connectivity index (χ1) is 16.4. The second-order valence-electron chi connectivity index (χ2n) is 9.02. The summed E-state index contributed by atoms with van der Waals surface area (Å²) >= 11 is 0. The Morgan fingerprint density at radius 1 is 1.03 bits per heavy atom. The van der Waals surface area contributed by atoms with E-state index in [4.69, 9.17) is 5.73 Å². The van der Waals surface area contributed by atoms with E-state index in [9.17, 15) is 14.4 Å². The fourth-order valence-corrected chi connectivity index (χ4v) is 4.18. The van der Waals surface area contributed by atoms with Gasteiger partial charge >= 0.3 is 0 Å². The van der Waals surface area contributed by atoms with Gasteiger partial charge in [-0.15, -0.1) is 0 Å². The Morgan fingerprint density at radius 3 is 2.59 bits per heavy atom. The van der Waals surface area contributed by atoms with Gasteiger partial charge in [0.1, 0.15) is 6.04 Å². The molecule has 2 aromatic rings. The zero-order valence-corrected chi connectivity index (χ0v) is 20.0. The lowest BCUT2D eigenvalue weighted by Crippen LogP contribution is -2.49. The van der Waals surface area contributed by atoms with Crippen LogP contribution in [-0.2, 0) is 27.3 Å². The van der Waals surface area contributed by atoms with Gasteiger partial charge in [-0.25, -0.2) is 0 Å². The molecule has 1 aliphatic rings. The zero-order chi connectivity index (χ0) is 24.3. The quantitative estimate of drug-likeness (QED) is 0.469. The Balaban J connectivity index is 1.44. The molecule has 1 atom stereocenters. The number of anilines is 1. The van der Waals surface area contributed by atoms with Gasteiger partial charge in [0.05, 0.1) is 6.54 Å². The normalized spacial score (nSPS) is 16.1. The first-order valence-electron chi connectivity index (χ1n) is 12.2. The molecule has 182 valence electrons. The molecule has 3 rings (SSSR count). The van der Waals surface area contributed by atoms with E-state index in [2.05, 4.69) is 41.8 Å². The van der Waals surface area contributed by atoms with Crippen molar-refractivity contribution in [3.63, 3.8) is 0 Å². The number of nitrogens with two attached hydrogens (primary N) is 1. The molecule has 1 unspecified atom stereocenters. The minimum absolute atomic E-state index is 0.0331. The Morgan fingerprint density at radius 2 is 1.82 bits per heavy atom. The predicted octanol–water partition coefficient (Wildman–Crippen LogP) is 3.30. The molecule has 0 bridgehead atoms. The number of nitrogens with one attached hydrogen (secondary N) is 2. The van der Waals surface area contributed by atoms with E-state index < -0.39 is 6.04 Å². The van der Waals surface area contributed by atoms with Crippen molar-refractivity contribution in [1.29, 1.82) is 0 Å². The highest BCUT2D eigenvalue weighted by Crippen LogP contribution is 2.15. The van der Waals surface area contributed by atoms with Crippen LogP contribution in [-0.4, -0.2) is 41.8 Å². The summed E-state index contributed by atoms with van der Waals surface area (Å²) in [5, 5.41) is 5.74. The molecule has 3 amide bonds. The number of rotatable bonds is 10. The van der Waals surface area contributed by atoms with Gasteiger partial charge in [0.25, 0.3) is 0 Å². The van der Waals surface area contributed by atoms with Crippen molar-refractivity contribution in [1.82, 2.24) is 10.2 Å². The molecule has 2 aromatic carbocycles. The topological polar surface area (TPSA) is 105 Å². The van der Waals surface area contributed by atoms with E-state index in [0.717, 1.165) is 37.7 Å². The minimum Gasteiger partial charge on any atom is -0.344 e. The number of hydrogen-bond donors (Lipinski definition) is 3. The van der Waals surface area contributed by atoms with Crippen molar-refractivity contribution in [2.24, 2.45) is 5.73 Å². The van der Waals surface area contributed by atoms with Gasteiger partial charge in [0.15, 0.2) is 0 Å². The molecular formula is C27H36N4O3. The number of unbranched alkanes of at least 4 members (excludes halogenated alkanes) is 1. The number of aryl methyl sites for hydroxylation is 2. The van der Waals surface area contributed by atoms with Crippen LogP contribution in [0.3, 0.4) is 0 Å². The van der Waals surface area contributed by atoms with Crippen molar-refractivity contribution in [3.8, 4) is 0 Å². The lowest BCUT2D eigenvalue weighted by Gasteiger charge is -2.24. The van der Waals surface area contributed by atoms with Crippen LogP contribution in [0.15, 0.2) is 48.5 Å². The van der Waals surface area contributed by atoms with Crippen LogP contribution >= 0.6 is 0 Å². The summed E-state index contributed by atoms with van der Waals surface area (Å²) in [6, 6.07) is 15.2. The van der Waals surface area contributed by atoms with Crippen LogP contribution < -0.4 is 16.4 Å². The molecular weight excluding hydrogens is 428 g/mol. The molecule has 1 aliphatic heterocycles. The van der Waals surface area contributed by atoms with Crippen LogP contribution in [0, 0.1) is 6.92 Å². The van der Waals surface area contributed by atoms with Gasteiger partial charge < -0.3 is 21.3 Å². The largest absolute Gasteiger partial charge is 0.344 e. The lowest BCUT2D eigenvalue weighted by atomic mass is 10.1. The first kappa shape index (κ1) is 25.4. The molecule has 1 fully saturated rings. The molecule has 0 spiro atoms. The Hall–Kier alpha value is -3.19. The number of hydrogen-bond acceptors (Lipinski definition) is 4. The van der Waals surface area contributed by atoms with Crippen LogP contribution in [0.5, 0.6) is 0 Å². The second kappa shape index (κ2) is 12.9. The molecule has 1 saturated heterocycles. The third kappa shape index (κ3) is 7.99. The fourth-order valence-electron chi connectivity index (χ4n) is 4.18. The Labute approximate surface area is 202 Å². The number of carbonyl (C=O) groups is 3. The first-order valence-corrected chi connectivity index (χ1v) is 12.2. The maximum Gasteiger partial charge on any atom is 0.245 e. The van der Waals surface area contributed by atoms with Crippen LogP contribution in [0.25, 0.3) is 0 Å². The van der Waals surface area contributed by atoms with E-state index in [-0.39, 0.29) is 24.3 Å². The van der Waals surface area contributed by atoms with Crippen LogP contribution in [0.4, 0.5) is 5.69 Å². The van der Waals surface area contributed by atoms with Crippen LogP contribution in [0.1, 0.15) is 55.2 Å². The maximum atomic E-state index is 13.0. The van der Waals surface area contributed by atoms with Gasteiger partial charge in [0, 0.05) is 25.2 Å². The number of likely N-dealkylation sites (tertiary alicyclic amines) is 1. The molecule has 0 aliphatic carbocycles. The van der Waals surface area contributed by atoms with Gasteiger partial charge in [-0.2, -0.15) is 0 Å². The maximum absolute atomic E-state index is 13.0. The van der Waals surface area contributed by atoms with Gasteiger partial charge in [-0.1, -0.05) is 42.0 Å². The average Bonchev–Trinajstić information content (AvgIpc) is 2.99. The molecule has 7 nitrogen and oxygen atoms in total. The van der Waals surface area contributed by atoms with Gasteiger partial charge in [-0.3, -0.25) is 14.4 Å². The molecule has 0 radical (unpaired) electrons. The van der Waals surface area contributed by atoms with E-state index in [0.29, 0.717) is 31.6 Å². The standard InChI is InChI=1S/C27H36N4O3/c1-20-12-14-21(15-13-20)7-2-3-11-25(32)30-24-10-4-5-16-31(27(24)34)19-26(33)29-23-9-6-8-22(17-23)18-28/h6,8-9,12-15,17,24H,2-5,7,10-11,16,18-19,28H2,1H3,(H,29,33)(H,30,32). The SMILES string of the molecule is Cc1ccc(CCCCC(=O)NC2CCCCN(CC(=O)Nc3cccc(CN)c3)C2=O)cc1. The van der Waals surface area contributed by atoms with Crippen LogP contribution in [0.2, 0.25) is 0 Å². The average molecular weight is 465 g/mol. The van der Waals surface area contributed by atoms with E-state index in [1.54, 1.807) is 11.0 Å². The second-order valence-corrected chi connectivity index (χ2v) is 9.02. The number of benzene rings is 2. The highest BCUT2D eigenvalue weighted by atomic mass is 16.2. The fraction of sp³-hybridized carbons (Fsp3) is 0.444. The molecule has 1 heterocycles. The van der Waals surface area contributed by atoms with Crippen molar-refractivity contribution in [2.45, 2.75) is 64.5 Å². The number of carbonyl (C=O) groups excluding carboxylic acids is 3. The zero-order valence-electron chi connectivity index (χ0n) is 20.0. The molecule has 4 N–H and O–H groups in total. The van der Waals surface area contributed by atoms with Gasteiger partial charge in [0.2, 0.25) is 17.7 Å². The molecule has 7 heteroatoms. The smallest absolute Gasteiger partial charge is 0.245 e. The van der Waals surface area contributed by atoms with Crippen molar-refractivity contribution >= 4 is 23.4 Å². The lowest BCUT2D eigenvalue weighted by molar-refractivity contribution is -0.138. The van der Waals surface area contributed by atoms with E-state index in [1.165, 1.54) is 11.1 Å². The number of nitrogens with zero attached hydrogens (tertiary/aromatic N) is 1. The van der Waals surface area contributed by atoms with Crippen molar-refractivity contribution in [2.75, 3.05) is 18.4 Å². The highest BCUT2D eigenvalue weighted by molar-refractivity contribution is 5.96. The third-order valence-corrected chi connectivity index (χ3v) is 6.14. The summed E-state index contributed by atoms with van der Waals surface area (Å²) in [6.07, 6.45) is 5.28. The summed E-state index contributed by atoms with van der Waals surface area (Å²) in [4.78, 5) is 39.6. The van der Waals surface area contributed by atoms with E-state index >= 15 is 0 Å². The monoisotopic (exact) mass is 464 g/mol. The molecule has 0 aromatic heterocycles. The summed E-state index contributed by atoms with van der Waals surface area (Å²) in [6.45, 7) is 2.94. The summed E-state index contributed by atoms with van der Waals surface area (Å²) in [5.41, 5.74) is 9.75. The Bertz CT molecular complexity index is 974. The predicted molar refractivity (Wildman–Crippen MR) is 134 cm³/mol.